The highest BCUT2D eigenvalue weighted by Crippen LogP contribution is 2.32. The van der Waals surface area contributed by atoms with Crippen molar-refractivity contribution in [3.63, 3.8) is 0 Å². The van der Waals surface area contributed by atoms with Crippen LogP contribution in [0.5, 0.6) is 11.5 Å². The summed E-state index contributed by atoms with van der Waals surface area (Å²) in [6, 6.07) is 10.6. The minimum Gasteiger partial charge on any atom is -0.454 e. The molecule has 2 aromatic carbocycles. The number of benzene rings is 2. The lowest BCUT2D eigenvalue weighted by Crippen LogP contribution is -2.35. The van der Waals surface area contributed by atoms with Gasteiger partial charge in [-0.15, -0.1) is 0 Å². The molecule has 0 bridgehead atoms. The Morgan fingerprint density at radius 2 is 1.74 bits per heavy atom. The number of halogens is 2. The standard InChI is InChI=1S/C29H35Cl2N3O4/c30-24-7-4-22(18-25(24)31)5-9-28(35)32-13-2-1-3-15-34-16-11-21(12-17-34)10-14-33-29(36)23-6-8-26-27(19-23)38-20-37-26/h4-9,18-19,21H,1-3,10-17,20H2,(H,32,35)(H,33,36)/b9-5+. The summed E-state index contributed by atoms with van der Waals surface area (Å²) in [5, 5.41) is 6.94. The predicted molar refractivity (Wildman–Crippen MR) is 151 cm³/mol. The summed E-state index contributed by atoms with van der Waals surface area (Å²) in [6.45, 7) is 4.88. The fourth-order valence-corrected chi connectivity index (χ4v) is 5.03. The third kappa shape index (κ3) is 8.65. The molecule has 2 heterocycles. The Balaban J connectivity index is 1.01. The van der Waals surface area contributed by atoms with Crippen LogP contribution in [-0.4, -0.2) is 56.2 Å². The van der Waals surface area contributed by atoms with Crippen molar-refractivity contribution in [1.29, 1.82) is 0 Å². The summed E-state index contributed by atoms with van der Waals surface area (Å²) >= 11 is 11.9. The van der Waals surface area contributed by atoms with E-state index < -0.39 is 0 Å². The van der Waals surface area contributed by atoms with Crippen molar-refractivity contribution in [3.05, 3.63) is 63.6 Å². The maximum absolute atomic E-state index is 12.4. The zero-order valence-electron chi connectivity index (χ0n) is 21.5. The van der Waals surface area contributed by atoms with Crippen molar-refractivity contribution in [2.24, 2.45) is 5.92 Å². The van der Waals surface area contributed by atoms with Gasteiger partial charge in [0.1, 0.15) is 0 Å². The zero-order valence-corrected chi connectivity index (χ0v) is 23.0. The number of nitrogens with zero attached hydrogens (tertiary/aromatic N) is 1. The fraction of sp³-hybridized carbons (Fsp3) is 0.448. The second-order valence-electron chi connectivity index (χ2n) is 9.76. The minimum absolute atomic E-state index is 0.0700. The molecule has 204 valence electrons. The molecule has 0 aromatic heterocycles. The Morgan fingerprint density at radius 3 is 2.55 bits per heavy atom. The van der Waals surface area contributed by atoms with Gasteiger partial charge >= 0.3 is 0 Å². The smallest absolute Gasteiger partial charge is 0.251 e. The van der Waals surface area contributed by atoms with Gasteiger partial charge in [0.25, 0.3) is 5.91 Å². The fourth-order valence-electron chi connectivity index (χ4n) is 4.72. The summed E-state index contributed by atoms with van der Waals surface area (Å²) < 4.78 is 10.6. The average Bonchev–Trinajstić information content (AvgIpc) is 3.40. The SMILES string of the molecule is O=C(/C=C/c1ccc(Cl)c(Cl)c1)NCCCCCN1CCC(CCNC(=O)c2ccc3c(c2)OCO3)CC1. The molecule has 7 nitrogen and oxygen atoms in total. The van der Waals surface area contributed by atoms with E-state index in [1.54, 1.807) is 36.4 Å². The average molecular weight is 561 g/mol. The van der Waals surface area contributed by atoms with Gasteiger partial charge in [0.05, 0.1) is 10.0 Å². The van der Waals surface area contributed by atoms with Crippen molar-refractivity contribution in [2.75, 3.05) is 39.5 Å². The highest BCUT2D eigenvalue weighted by Gasteiger charge is 2.20. The molecule has 2 aromatic rings. The summed E-state index contributed by atoms with van der Waals surface area (Å²) in [7, 11) is 0. The number of rotatable bonds is 12. The van der Waals surface area contributed by atoms with E-state index in [2.05, 4.69) is 15.5 Å². The van der Waals surface area contributed by atoms with Gasteiger partial charge in [-0.2, -0.15) is 0 Å². The number of carbonyl (C=O) groups is 2. The highest BCUT2D eigenvalue weighted by atomic mass is 35.5. The van der Waals surface area contributed by atoms with Crippen molar-refractivity contribution in [3.8, 4) is 11.5 Å². The van der Waals surface area contributed by atoms with E-state index >= 15 is 0 Å². The van der Waals surface area contributed by atoms with Gasteiger partial charge in [-0.3, -0.25) is 9.59 Å². The molecule has 0 saturated carbocycles. The third-order valence-corrected chi connectivity index (χ3v) is 7.74. The van der Waals surface area contributed by atoms with E-state index in [4.69, 9.17) is 32.7 Å². The number of ether oxygens (including phenoxy) is 2. The number of fused-ring (bicyclic) bond motifs is 1. The minimum atomic E-state index is -0.106. The molecule has 4 rings (SSSR count). The van der Waals surface area contributed by atoms with Gasteiger partial charge in [-0.05, 0) is 99.6 Å². The van der Waals surface area contributed by atoms with Crippen LogP contribution in [0.3, 0.4) is 0 Å². The Morgan fingerprint density at radius 1 is 0.921 bits per heavy atom. The molecule has 2 N–H and O–H groups in total. The van der Waals surface area contributed by atoms with Crippen LogP contribution in [0.15, 0.2) is 42.5 Å². The molecule has 2 amide bonds. The number of likely N-dealkylation sites (tertiary alicyclic amines) is 1. The van der Waals surface area contributed by atoms with Crippen LogP contribution in [0.1, 0.15) is 54.4 Å². The van der Waals surface area contributed by atoms with Gasteiger partial charge in [-0.1, -0.05) is 35.7 Å². The largest absolute Gasteiger partial charge is 0.454 e. The first-order valence-corrected chi connectivity index (χ1v) is 14.0. The number of nitrogens with one attached hydrogen (secondary N) is 2. The molecule has 0 unspecified atom stereocenters. The number of hydrogen-bond acceptors (Lipinski definition) is 5. The van der Waals surface area contributed by atoms with E-state index in [0.717, 1.165) is 50.9 Å². The van der Waals surface area contributed by atoms with Crippen LogP contribution in [0, 0.1) is 5.92 Å². The van der Waals surface area contributed by atoms with E-state index in [1.165, 1.54) is 18.9 Å². The van der Waals surface area contributed by atoms with Crippen LogP contribution in [0.4, 0.5) is 0 Å². The van der Waals surface area contributed by atoms with Crippen LogP contribution in [-0.2, 0) is 4.79 Å². The van der Waals surface area contributed by atoms with Crippen LogP contribution < -0.4 is 20.1 Å². The van der Waals surface area contributed by atoms with Gasteiger partial charge < -0.3 is 25.0 Å². The molecule has 0 atom stereocenters. The van der Waals surface area contributed by atoms with Crippen molar-refractivity contribution >= 4 is 41.1 Å². The summed E-state index contributed by atoms with van der Waals surface area (Å²) in [4.78, 5) is 27.0. The van der Waals surface area contributed by atoms with E-state index in [9.17, 15) is 9.59 Å². The maximum Gasteiger partial charge on any atom is 0.251 e. The van der Waals surface area contributed by atoms with E-state index in [-0.39, 0.29) is 18.6 Å². The monoisotopic (exact) mass is 559 g/mol. The van der Waals surface area contributed by atoms with Crippen LogP contribution in [0.25, 0.3) is 6.08 Å². The van der Waals surface area contributed by atoms with Crippen molar-refractivity contribution in [2.45, 2.75) is 38.5 Å². The first kappa shape index (κ1) is 28.3. The Kier molecular flexibility index (Phi) is 10.7. The Hall–Kier alpha value is -2.74. The number of hydrogen-bond donors (Lipinski definition) is 2. The van der Waals surface area contributed by atoms with Gasteiger partial charge in [0.2, 0.25) is 12.7 Å². The second kappa shape index (κ2) is 14.4. The molecule has 9 heteroatoms. The van der Waals surface area contributed by atoms with Crippen LogP contribution in [0.2, 0.25) is 10.0 Å². The summed E-state index contributed by atoms with van der Waals surface area (Å²) in [5.41, 5.74) is 1.44. The molecule has 0 aliphatic carbocycles. The molecule has 2 aliphatic heterocycles. The summed E-state index contributed by atoms with van der Waals surface area (Å²) in [5.74, 6) is 1.79. The van der Waals surface area contributed by atoms with Gasteiger partial charge in [-0.25, -0.2) is 0 Å². The van der Waals surface area contributed by atoms with Gasteiger partial charge in [0.15, 0.2) is 11.5 Å². The molecular formula is C29H35Cl2N3O4. The predicted octanol–water partition coefficient (Wildman–Crippen LogP) is 5.55. The number of piperidine rings is 1. The normalized spacial score (nSPS) is 15.6. The van der Waals surface area contributed by atoms with Crippen molar-refractivity contribution in [1.82, 2.24) is 15.5 Å². The lowest BCUT2D eigenvalue weighted by atomic mass is 9.93. The zero-order chi connectivity index (χ0) is 26.7. The molecule has 1 saturated heterocycles. The lowest BCUT2D eigenvalue weighted by molar-refractivity contribution is -0.116. The molecule has 1 fully saturated rings. The molecule has 2 aliphatic rings. The number of unbranched alkanes of at least 4 members (excludes halogenated alkanes) is 2. The lowest BCUT2D eigenvalue weighted by Gasteiger charge is -2.32. The third-order valence-electron chi connectivity index (χ3n) is 7.00. The Bertz CT molecular complexity index is 1130. The van der Waals surface area contributed by atoms with E-state index in [0.29, 0.717) is 46.1 Å². The molecule has 0 spiro atoms. The van der Waals surface area contributed by atoms with Crippen molar-refractivity contribution < 1.29 is 19.1 Å². The van der Waals surface area contributed by atoms with Gasteiger partial charge in [0, 0.05) is 24.7 Å². The first-order chi connectivity index (χ1) is 18.5. The quantitative estimate of drug-likeness (QED) is 0.263. The van der Waals surface area contributed by atoms with E-state index in [1.807, 2.05) is 6.07 Å². The molecule has 0 radical (unpaired) electrons. The number of carbonyl (C=O) groups excluding carboxylic acids is 2. The summed E-state index contributed by atoms with van der Waals surface area (Å²) in [6.07, 6.45) is 9.77. The second-order valence-corrected chi connectivity index (χ2v) is 10.6. The topological polar surface area (TPSA) is 79.9 Å². The Labute approximate surface area is 234 Å². The number of amides is 2. The van der Waals surface area contributed by atoms with Crippen LogP contribution >= 0.6 is 23.2 Å². The first-order valence-electron chi connectivity index (χ1n) is 13.3. The molecule has 38 heavy (non-hydrogen) atoms. The maximum atomic E-state index is 12.4. The molecular weight excluding hydrogens is 525 g/mol. The highest BCUT2D eigenvalue weighted by molar-refractivity contribution is 6.42.